The molecule has 2 saturated heterocycles. The first-order chi connectivity index (χ1) is 15.1. The highest BCUT2D eigenvalue weighted by Crippen LogP contribution is 2.48. The second kappa shape index (κ2) is 8.44. The molecule has 4 atom stereocenters. The number of morpholine rings is 1. The highest BCUT2D eigenvalue weighted by Gasteiger charge is 2.59. The van der Waals surface area contributed by atoms with Crippen LogP contribution in [0.25, 0.3) is 0 Å². The van der Waals surface area contributed by atoms with Gasteiger partial charge in [-0.3, -0.25) is 19.7 Å². The molecule has 8 nitrogen and oxygen atoms in total. The van der Waals surface area contributed by atoms with E-state index in [2.05, 4.69) is 15.5 Å². The number of hydrogen-bond acceptors (Lipinski definition) is 7. The molecule has 3 aliphatic heterocycles. The summed E-state index contributed by atoms with van der Waals surface area (Å²) < 4.78 is 21.6. The summed E-state index contributed by atoms with van der Waals surface area (Å²) in [6.07, 6.45) is -0.711. The molecule has 0 unspecified atom stereocenters. The van der Waals surface area contributed by atoms with Crippen LogP contribution in [0.5, 0.6) is 0 Å². The van der Waals surface area contributed by atoms with Gasteiger partial charge in [-0.1, -0.05) is 0 Å². The molecule has 1 aromatic carbocycles. The molecule has 4 rings (SSSR count). The molecular formula is C23H31FN4O4. The molecule has 1 aromatic rings. The van der Waals surface area contributed by atoms with Crippen molar-refractivity contribution in [2.75, 3.05) is 42.5 Å². The predicted molar refractivity (Wildman–Crippen MR) is 118 cm³/mol. The maximum Gasteiger partial charge on any atom is 0.242 e. The lowest BCUT2D eigenvalue weighted by molar-refractivity contribution is -0.151. The average Bonchev–Trinajstić information content (AvgIpc) is 2.72. The fraction of sp³-hybridized carbons (Fsp3) is 0.609. The van der Waals surface area contributed by atoms with Crippen molar-refractivity contribution in [1.82, 2.24) is 10.6 Å². The Bertz CT molecular complexity index is 948. The Kier molecular flexibility index (Phi) is 5.98. The summed E-state index contributed by atoms with van der Waals surface area (Å²) in [6, 6.07) is 2.72. The third-order valence-electron chi connectivity index (χ3n) is 6.87. The minimum Gasteiger partial charge on any atom is -0.372 e. The van der Waals surface area contributed by atoms with Gasteiger partial charge in [0.2, 0.25) is 11.8 Å². The van der Waals surface area contributed by atoms with Crippen molar-refractivity contribution in [3.8, 4) is 0 Å². The minimum atomic E-state index is -1.56. The Hall–Kier alpha value is -2.52. The van der Waals surface area contributed by atoms with E-state index in [1.165, 1.54) is 13.8 Å². The lowest BCUT2D eigenvalue weighted by Gasteiger charge is -2.55. The van der Waals surface area contributed by atoms with E-state index < -0.39 is 29.4 Å². The first kappa shape index (κ1) is 22.7. The number of imide groups is 1. The molecule has 0 aliphatic carbocycles. The number of piperazine rings is 1. The SMILES string of the molecule is CC(=O)NC(=O)[C@]1(C(C)=O)Cc2cc(N3CCNCC3)cc(F)c2N2C[C@@H](C)O[C@@H](C)[C@@H]21. The fourth-order valence-corrected chi connectivity index (χ4v) is 5.61. The van der Waals surface area contributed by atoms with Crippen LogP contribution in [0.3, 0.4) is 0 Å². The van der Waals surface area contributed by atoms with Crippen LogP contribution in [0, 0.1) is 11.2 Å². The van der Waals surface area contributed by atoms with Crippen molar-refractivity contribution >= 4 is 29.0 Å². The van der Waals surface area contributed by atoms with Gasteiger partial charge in [0.1, 0.15) is 17.0 Å². The summed E-state index contributed by atoms with van der Waals surface area (Å²) in [5, 5.41) is 5.61. The monoisotopic (exact) mass is 446 g/mol. The van der Waals surface area contributed by atoms with Crippen molar-refractivity contribution in [1.29, 1.82) is 0 Å². The lowest BCUT2D eigenvalue weighted by atomic mass is 9.65. The van der Waals surface area contributed by atoms with Crippen LogP contribution in [0.1, 0.15) is 33.3 Å². The third-order valence-corrected chi connectivity index (χ3v) is 6.87. The number of anilines is 2. The second-order valence-electron chi connectivity index (χ2n) is 9.14. The predicted octanol–water partition coefficient (Wildman–Crippen LogP) is 1.01. The van der Waals surface area contributed by atoms with Gasteiger partial charge < -0.3 is 19.9 Å². The molecule has 0 aromatic heterocycles. The highest BCUT2D eigenvalue weighted by atomic mass is 19.1. The number of ether oxygens (including phenoxy) is 1. The number of ketones is 1. The summed E-state index contributed by atoms with van der Waals surface area (Å²) in [6.45, 7) is 9.73. The van der Waals surface area contributed by atoms with E-state index in [9.17, 15) is 14.4 Å². The number of halogens is 1. The summed E-state index contributed by atoms with van der Waals surface area (Å²) in [7, 11) is 0. The second-order valence-corrected chi connectivity index (χ2v) is 9.14. The standard InChI is InChI=1S/C23H31FN4O4/c1-13-12-28-20-17(9-18(10-19(20)24)27-7-5-25-6-8-27)11-23(15(3)29,21(28)14(2)32-13)22(31)26-16(4)30/h9-10,13-14,21,25H,5-8,11-12H2,1-4H3,(H,26,30,31)/t13-,14+,21-,23+/m1/s1. The number of amides is 2. The molecule has 0 bridgehead atoms. The van der Waals surface area contributed by atoms with E-state index in [0.717, 1.165) is 31.9 Å². The van der Waals surface area contributed by atoms with Crippen LogP contribution >= 0.6 is 0 Å². The molecule has 3 heterocycles. The molecule has 2 amide bonds. The summed E-state index contributed by atoms with van der Waals surface area (Å²) in [5.74, 6) is -1.93. The maximum absolute atomic E-state index is 15.6. The fourth-order valence-electron chi connectivity index (χ4n) is 5.61. The molecule has 174 valence electrons. The number of Topliss-reactive ketones (excluding diaryl/α,β-unsaturated/α-hetero) is 1. The van der Waals surface area contributed by atoms with Gasteiger partial charge in [0.05, 0.1) is 23.9 Å². The Labute approximate surface area is 187 Å². The minimum absolute atomic E-state index is 0.0108. The van der Waals surface area contributed by atoms with Crippen molar-refractivity contribution < 1.29 is 23.5 Å². The zero-order valence-corrected chi connectivity index (χ0v) is 19.0. The van der Waals surface area contributed by atoms with E-state index in [1.54, 1.807) is 13.0 Å². The first-order valence-electron chi connectivity index (χ1n) is 11.2. The number of nitrogens with one attached hydrogen (secondary N) is 2. The topological polar surface area (TPSA) is 91.0 Å². The molecule has 9 heteroatoms. The lowest BCUT2D eigenvalue weighted by Crippen LogP contribution is -2.70. The van der Waals surface area contributed by atoms with Gasteiger partial charge in [0.25, 0.3) is 0 Å². The van der Waals surface area contributed by atoms with E-state index >= 15 is 4.39 Å². The molecule has 2 fully saturated rings. The largest absolute Gasteiger partial charge is 0.372 e. The zero-order chi connectivity index (χ0) is 23.2. The van der Waals surface area contributed by atoms with Crippen LogP contribution in [0.2, 0.25) is 0 Å². The Morgan fingerprint density at radius 3 is 2.50 bits per heavy atom. The normalized spacial score (nSPS) is 29.7. The molecule has 3 aliphatic rings. The smallest absolute Gasteiger partial charge is 0.242 e. The number of benzene rings is 1. The molecule has 0 radical (unpaired) electrons. The van der Waals surface area contributed by atoms with Crippen LogP contribution in [-0.2, 0) is 25.5 Å². The average molecular weight is 447 g/mol. The third kappa shape index (κ3) is 3.67. The maximum atomic E-state index is 15.6. The molecule has 0 saturated carbocycles. The van der Waals surface area contributed by atoms with Crippen molar-refractivity contribution in [3.05, 3.63) is 23.5 Å². The molecule has 0 spiro atoms. The number of hydrogen-bond donors (Lipinski definition) is 2. The number of carbonyl (C=O) groups is 3. The first-order valence-corrected chi connectivity index (χ1v) is 11.2. The summed E-state index contributed by atoms with van der Waals surface area (Å²) in [4.78, 5) is 42.2. The molecule has 2 N–H and O–H groups in total. The number of carbonyl (C=O) groups excluding carboxylic acids is 3. The Morgan fingerprint density at radius 2 is 1.88 bits per heavy atom. The van der Waals surface area contributed by atoms with E-state index in [-0.39, 0.29) is 24.1 Å². The Morgan fingerprint density at radius 1 is 1.19 bits per heavy atom. The van der Waals surface area contributed by atoms with Crippen LogP contribution in [-0.4, -0.2) is 68.6 Å². The zero-order valence-electron chi connectivity index (χ0n) is 19.0. The summed E-state index contributed by atoms with van der Waals surface area (Å²) >= 11 is 0. The van der Waals surface area contributed by atoms with Gasteiger partial charge in [0.15, 0.2) is 0 Å². The van der Waals surface area contributed by atoms with E-state index in [0.29, 0.717) is 17.8 Å². The van der Waals surface area contributed by atoms with E-state index in [4.69, 9.17) is 4.74 Å². The van der Waals surface area contributed by atoms with Gasteiger partial charge in [-0.15, -0.1) is 0 Å². The van der Waals surface area contributed by atoms with Crippen molar-refractivity contribution in [2.24, 2.45) is 5.41 Å². The van der Waals surface area contributed by atoms with Crippen LogP contribution in [0.15, 0.2) is 12.1 Å². The van der Waals surface area contributed by atoms with Crippen LogP contribution < -0.4 is 20.4 Å². The molecule has 32 heavy (non-hydrogen) atoms. The Balaban J connectivity index is 1.88. The van der Waals surface area contributed by atoms with Crippen molar-refractivity contribution in [2.45, 2.75) is 52.4 Å². The van der Waals surface area contributed by atoms with Gasteiger partial charge in [-0.25, -0.2) is 4.39 Å². The van der Waals surface area contributed by atoms with Gasteiger partial charge >= 0.3 is 0 Å². The number of fused-ring (bicyclic) bond motifs is 3. The number of nitrogens with zero attached hydrogens (tertiary/aromatic N) is 2. The highest BCUT2D eigenvalue weighted by molar-refractivity contribution is 6.11. The van der Waals surface area contributed by atoms with E-state index in [1.807, 2.05) is 17.9 Å². The van der Waals surface area contributed by atoms with Crippen LogP contribution in [0.4, 0.5) is 15.8 Å². The van der Waals surface area contributed by atoms with Crippen molar-refractivity contribution in [3.63, 3.8) is 0 Å². The number of rotatable bonds is 3. The van der Waals surface area contributed by atoms with Gasteiger partial charge in [0, 0.05) is 45.3 Å². The summed E-state index contributed by atoms with van der Waals surface area (Å²) in [5.41, 5.74) is 0.195. The van der Waals surface area contributed by atoms with Gasteiger partial charge in [-0.2, -0.15) is 0 Å². The molecular weight excluding hydrogens is 415 g/mol. The van der Waals surface area contributed by atoms with Gasteiger partial charge in [-0.05, 0) is 44.9 Å². The quantitative estimate of drug-likeness (QED) is 0.670.